The van der Waals surface area contributed by atoms with E-state index in [1.807, 2.05) is 41.0 Å². The molecule has 0 radical (unpaired) electrons. The highest BCUT2D eigenvalue weighted by Gasteiger charge is 2.26. The van der Waals surface area contributed by atoms with E-state index < -0.39 is 0 Å². The fraction of sp³-hybridized carbons (Fsp3) is 0.385. The number of nitrogens with zero attached hydrogens (tertiary/aromatic N) is 4. The molecule has 2 aliphatic rings. The minimum Gasteiger partial charge on any atom is -0.497 e. The van der Waals surface area contributed by atoms with E-state index in [9.17, 15) is 4.79 Å². The summed E-state index contributed by atoms with van der Waals surface area (Å²) < 4.78 is 12.4. The molecule has 1 aromatic heterocycles. The predicted octanol–water partition coefficient (Wildman–Crippen LogP) is 3.67. The monoisotopic (exact) mass is 478 g/mol. The number of rotatable bonds is 6. The molecule has 0 bridgehead atoms. The van der Waals surface area contributed by atoms with E-state index in [-0.39, 0.29) is 5.56 Å². The van der Waals surface area contributed by atoms with Crippen molar-refractivity contribution in [1.82, 2.24) is 9.55 Å². The van der Waals surface area contributed by atoms with Crippen LogP contribution >= 0.6 is 11.8 Å². The van der Waals surface area contributed by atoms with Gasteiger partial charge in [-0.25, -0.2) is 4.98 Å². The molecule has 0 saturated carbocycles. The van der Waals surface area contributed by atoms with Crippen LogP contribution in [0.15, 0.2) is 58.5 Å². The van der Waals surface area contributed by atoms with Gasteiger partial charge in [0.05, 0.1) is 19.8 Å². The third kappa shape index (κ3) is 4.59. The highest BCUT2D eigenvalue weighted by Crippen LogP contribution is 2.29. The number of fused-ring (bicyclic) bond motifs is 1. The summed E-state index contributed by atoms with van der Waals surface area (Å²) in [6.07, 6.45) is 1.57. The summed E-state index contributed by atoms with van der Waals surface area (Å²) in [6, 6.07) is 16.2. The Bertz CT molecular complexity index is 1190. The smallest absolute Gasteiger partial charge is 0.259 e. The van der Waals surface area contributed by atoms with Gasteiger partial charge in [0.1, 0.15) is 17.3 Å². The standard InChI is InChI=1S/C26H30N4O3S/c1-32-21-8-4-19(5-9-21)18-23-24(27-26-30(25(23)31)12-3-17-34-26)29-15-13-28(14-16-29)20-6-10-22(33-2)11-7-20/h4-11H,3,12-18H2,1-2H3. The van der Waals surface area contributed by atoms with Gasteiger partial charge in [0, 0.05) is 50.6 Å². The van der Waals surface area contributed by atoms with Crippen LogP contribution in [0.1, 0.15) is 17.5 Å². The highest BCUT2D eigenvalue weighted by atomic mass is 32.2. The molecule has 7 nitrogen and oxygen atoms in total. The first kappa shape index (κ1) is 22.7. The second-order valence-corrected chi connectivity index (χ2v) is 9.61. The zero-order valence-electron chi connectivity index (χ0n) is 19.7. The number of anilines is 2. The molecule has 8 heteroatoms. The van der Waals surface area contributed by atoms with Gasteiger partial charge >= 0.3 is 0 Å². The molecule has 2 aliphatic heterocycles. The molecule has 5 rings (SSSR count). The first-order valence-electron chi connectivity index (χ1n) is 11.7. The number of hydrogen-bond acceptors (Lipinski definition) is 7. The van der Waals surface area contributed by atoms with Crippen LogP contribution in [-0.4, -0.2) is 55.7 Å². The average Bonchev–Trinajstić information content (AvgIpc) is 2.91. The normalized spacial score (nSPS) is 15.7. The van der Waals surface area contributed by atoms with Crippen LogP contribution in [0.3, 0.4) is 0 Å². The van der Waals surface area contributed by atoms with Gasteiger partial charge < -0.3 is 19.3 Å². The largest absolute Gasteiger partial charge is 0.497 e. The lowest BCUT2D eigenvalue weighted by Gasteiger charge is -2.38. The summed E-state index contributed by atoms with van der Waals surface area (Å²) >= 11 is 1.69. The molecular formula is C26H30N4O3S. The lowest BCUT2D eigenvalue weighted by atomic mass is 10.1. The SMILES string of the molecule is COc1ccc(Cc2c(N3CCN(c4ccc(OC)cc4)CC3)nc3n(c2=O)CCCS3)cc1. The van der Waals surface area contributed by atoms with Gasteiger partial charge in [-0.1, -0.05) is 23.9 Å². The van der Waals surface area contributed by atoms with Crippen molar-refractivity contribution in [3.8, 4) is 11.5 Å². The maximum absolute atomic E-state index is 13.6. The van der Waals surface area contributed by atoms with Crippen molar-refractivity contribution in [3.05, 3.63) is 70.0 Å². The molecule has 0 aliphatic carbocycles. The Morgan fingerprint density at radius 1 is 0.853 bits per heavy atom. The third-order valence-electron chi connectivity index (χ3n) is 6.52. The maximum Gasteiger partial charge on any atom is 0.259 e. The predicted molar refractivity (Wildman–Crippen MR) is 137 cm³/mol. The molecule has 0 amide bonds. The van der Waals surface area contributed by atoms with Crippen LogP contribution in [0, 0.1) is 0 Å². The quantitative estimate of drug-likeness (QED) is 0.501. The number of methoxy groups -OCH3 is 2. The van der Waals surface area contributed by atoms with E-state index in [1.54, 1.807) is 26.0 Å². The summed E-state index contributed by atoms with van der Waals surface area (Å²) in [6.45, 7) is 4.14. The first-order valence-corrected chi connectivity index (χ1v) is 12.7. The van der Waals surface area contributed by atoms with Crippen molar-refractivity contribution in [3.63, 3.8) is 0 Å². The molecule has 1 saturated heterocycles. The van der Waals surface area contributed by atoms with Crippen LogP contribution in [0.25, 0.3) is 0 Å². The molecule has 178 valence electrons. The molecule has 3 heterocycles. The second kappa shape index (κ2) is 10.0. The van der Waals surface area contributed by atoms with Gasteiger partial charge in [-0.2, -0.15) is 0 Å². The number of piperazine rings is 1. The van der Waals surface area contributed by atoms with Crippen LogP contribution in [0.4, 0.5) is 11.5 Å². The Hall–Kier alpha value is -3.13. The third-order valence-corrected chi connectivity index (χ3v) is 7.58. The number of hydrogen-bond donors (Lipinski definition) is 0. The van der Waals surface area contributed by atoms with E-state index in [0.717, 1.165) is 78.5 Å². The Kier molecular flexibility index (Phi) is 6.67. The summed E-state index contributed by atoms with van der Waals surface area (Å²) in [4.78, 5) is 23.3. The van der Waals surface area contributed by atoms with E-state index in [2.05, 4.69) is 21.9 Å². The second-order valence-electron chi connectivity index (χ2n) is 8.55. The van der Waals surface area contributed by atoms with Crippen LogP contribution in [0.5, 0.6) is 11.5 Å². The zero-order chi connectivity index (χ0) is 23.5. The summed E-state index contributed by atoms with van der Waals surface area (Å²) in [5.41, 5.74) is 3.16. The number of benzene rings is 2. The van der Waals surface area contributed by atoms with Crippen molar-refractivity contribution in [2.24, 2.45) is 0 Å². The van der Waals surface area contributed by atoms with Crippen molar-refractivity contribution in [2.75, 3.05) is 56.0 Å². The van der Waals surface area contributed by atoms with Crippen LogP contribution in [0.2, 0.25) is 0 Å². The molecule has 0 N–H and O–H groups in total. The lowest BCUT2D eigenvalue weighted by molar-refractivity contribution is 0.414. The van der Waals surface area contributed by atoms with Gasteiger partial charge in [0.25, 0.3) is 5.56 Å². The summed E-state index contributed by atoms with van der Waals surface area (Å²) in [7, 11) is 3.35. The topological polar surface area (TPSA) is 59.8 Å². The lowest BCUT2D eigenvalue weighted by Crippen LogP contribution is -2.48. The molecule has 1 fully saturated rings. The van der Waals surface area contributed by atoms with Crippen molar-refractivity contribution in [2.45, 2.75) is 24.5 Å². The zero-order valence-corrected chi connectivity index (χ0v) is 20.5. The fourth-order valence-corrected chi connectivity index (χ4v) is 5.53. The van der Waals surface area contributed by atoms with Gasteiger partial charge in [-0.15, -0.1) is 0 Å². The van der Waals surface area contributed by atoms with Gasteiger partial charge in [0.15, 0.2) is 5.16 Å². The minimum atomic E-state index is 0.0978. The van der Waals surface area contributed by atoms with Gasteiger partial charge in [-0.05, 0) is 48.4 Å². The van der Waals surface area contributed by atoms with Crippen LogP contribution < -0.4 is 24.8 Å². The Morgan fingerprint density at radius 2 is 1.47 bits per heavy atom. The summed E-state index contributed by atoms with van der Waals surface area (Å²) in [5.74, 6) is 3.53. The van der Waals surface area contributed by atoms with Crippen molar-refractivity contribution in [1.29, 1.82) is 0 Å². The first-order chi connectivity index (χ1) is 16.7. The molecule has 3 aromatic rings. The van der Waals surface area contributed by atoms with E-state index in [4.69, 9.17) is 14.5 Å². The highest BCUT2D eigenvalue weighted by molar-refractivity contribution is 7.99. The van der Waals surface area contributed by atoms with E-state index >= 15 is 0 Å². The fourth-order valence-electron chi connectivity index (χ4n) is 4.59. The Labute approximate surface area is 204 Å². The molecule has 0 atom stereocenters. The number of thioether (sulfide) groups is 1. The van der Waals surface area contributed by atoms with Crippen molar-refractivity contribution < 1.29 is 9.47 Å². The van der Waals surface area contributed by atoms with Gasteiger partial charge in [0.2, 0.25) is 0 Å². The molecule has 0 spiro atoms. The van der Waals surface area contributed by atoms with Crippen molar-refractivity contribution >= 4 is 23.3 Å². The number of ether oxygens (including phenoxy) is 2. The minimum absolute atomic E-state index is 0.0978. The molecular weight excluding hydrogens is 448 g/mol. The average molecular weight is 479 g/mol. The van der Waals surface area contributed by atoms with Gasteiger partial charge in [-0.3, -0.25) is 9.36 Å². The van der Waals surface area contributed by atoms with E-state index in [0.29, 0.717) is 6.42 Å². The maximum atomic E-state index is 13.6. The molecule has 2 aromatic carbocycles. The number of aromatic nitrogens is 2. The molecule has 34 heavy (non-hydrogen) atoms. The Balaban J connectivity index is 1.41. The summed E-state index contributed by atoms with van der Waals surface area (Å²) in [5, 5.41) is 0.849. The van der Waals surface area contributed by atoms with Crippen LogP contribution in [-0.2, 0) is 13.0 Å². The Morgan fingerprint density at radius 3 is 2.12 bits per heavy atom. The van der Waals surface area contributed by atoms with E-state index in [1.165, 1.54) is 5.69 Å². The molecule has 0 unspecified atom stereocenters.